The van der Waals surface area contributed by atoms with Crippen molar-refractivity contribution in [2.24, 2.45) is 64.7 Å². The third kappa shape index (κ3) is 48.4. The normalized spacial score (nSPS) is 19.0. The second-order valence-corrected chi connectivity index (χ2v) is 33.6. The van der Waals surface area contributed by atoms with Crippen molar-refractivity contribution < 1.29 is 4.79 Å². The highest BCUT2D eigenvalue weighted by molar-refractivity contribution is 5.73. The minimum atomic E-state index is -0.219. The van der Waals surface area contributed by atoms with Gasteiger partial charge in [0.1, 0.15) is 0 Å². The number of likely N-dealkylation sites (tertiary alicyclic amines) is 2. The number of hydrogen-bond donors (Lipinski definition) is 17. The number of amides is 1. The van der Waals surface area contributed by atoms with Crippen molar-refractivity contribution in [2.45, 2.75) is 268 Å². The molecule has 20 heteroatoms. The third-order valence-corrected chi connectivity index (χ3v) is 20.1. The van der Waals surface area contributed by atoms with Crippen LogP contribution in [0.1, 0.15) is 202 Å². The molecule has 11 atom stereocenters. The van der Waals surface area contributed by atoms with E-state index in [1.54, 1.807) is 0 Å². The number of rotatable bonds is 67. The van der Waals surface area contributed by atoms with Crippen molar-refractivity contribution in [3.8, 4) is 0 Å². The Hall–Kier alpha value is -1.25. The fraction of sp³-hybridized carbons (Fsp3) is 0.987. The minimum Gasteiger partial charge on any atom is -0.370 e. The molecule has 0 aliphatic carbocycles. The Balaban J connectivity index is 1.83. The first kappa shape index (κ1) is 91.8. The van der Waals surface area contributed by atoms with Crippen LogP contribution in [0.5, 0.6) is 0 Å². The highest BCUT2D eigenvalue weighted by Crippen LogP contribution is 2.20. The third-order valence-electron chi connectivity index (χ3n) is 20.1. The molecule has 2 saturated heterocycles. The summed E-state index contributed by atoms with van der Waals surface area (Å²) in [6, 6.07) is 5.14. The van der Waals surface area contributed by atoms with Gasteiger partial charge >= 0.3 is 0 Å². The van der Waals surface area contributed by atoms with Crippen LogP contribution >= 0.6 is 0 Å². The monoisotopic (exact) mass is 1380 g/mol. The molecule has 2 aliphatic rings. The molecule has 0 bridgehead atoms. The van der Waals surface area contributed by atoms with Crippen molar-refractivity contribution in [3.63, 3.8) is 0 Å². The van der Waals surface area contributed by atoms with E-state index in [9.17, 15) is 4.79 Å². The second kappa shape index (κ2) is 57.1. The molecule has 0 saturated carbocycles. The van der Waals surface area contributed by atoms with Crippen LogP contribution in [-0.4, -0.2) is 252 Å². The maximum Gasteiger partial charge on any atom is 0.217 e. The van der Waals surface area contributed by atoms with E-state index in [0.29, 0.717) is 133 Å². The predicted octanol–water partition coefficient (Wildman–Crippen LogP) is 5.55. The first-order valence-corrected chi connectivity index (χ1v) is 40.7. The Kier molecular flexibility index (Phi) is 54.1. The van der Waals surface area contributed by atoms with Crippen molar-refractivity contribution in [2.75, 3.05) is 170 Å². The largest absolute Gasteiger partial charge is 0.370 e. The number of nitrogens with one attached hydrogen (secondary N) is 15. The SMILES string of the molecule is CC(C)C[C@@H](CNCCN1CCC[C@H]1CN[C@H](CNCCCC(N)=O)C(C)C)NC[C@H](CC(C)C)NCCNC[C@H](CC(C)C)NC[C@H](CC(C)C)NC[C@@H](NCCNC[C@@H]1CCCN1C[C@H](CC(C)C)NC[C@H](CC(C)C)NCCNC[C@@H](NCCNCCN)C(C)C)C(C)C. The van der Waals surface area contributed by atoms with Crippen LogP contribution in [0.4, 0.5) is 0 Å². The summed E-state index contributed by atoms with van der Waals surface area (Å²) in [6.07, 6.45) is 13.4. The molecular weight excluding hydrogens is 1210 g/mol. The van der Waals surface area contributed by atoms with Crippen molar-refractivity contribution in [1.29, 1.82) is 0 Å². The lowest BCUT2D eigenvalue weighted by atomic mass is 9.99. The van der Waals surface area contributed by atoms with Gasteiger partial charge in [-0.1, -0.05) is 125 Å². The highest BCUT2D eigenvalue weighted by atomic mass is 16.1. The van der Waals surface area contributed by atoms with Crippen LogP contribution in [0.25, 0.3) is 0 Å². The molecule has 2 fully saturated rings. The van der Waals surface area contributed by atoms with Gasteiger partial charge < -0.3 is 91.2 Å². The van der Waals surface area contributed by atoms with Gasteiger partial charge in [0.05, 0.1) is 0 Å². The van der Waals surface area contributed by atoms with Crippen LogP contribution in [0.15, 0.2) is 0 Å². The van der Waals surface area contributed by atoms with Gasteiger partial charge in [-0.2, -0.15) is 0 Å². The maximum absolute atomic E-state index is 11.2. The number of carbonyl (C=O) groups is 1. The van der Waals surface area contributed by atoms with Crippen LogP contribution in [-0.2, 0) is 4.79 Å². The summed E-state index contributed by atoms with van der Waals surface area (Å²) < 4.78 is 0. The lowest BCUT2D eigenvalue weighted by Crippen LogP contribution is -2.52. The van der Waals surface area contributed by atoms with Gasteiger partial charge in [-0.05, 0) is 144 Å². The molecule has 0 radical (unpaired) electrons. The van der Waals surface area contributed by atoms with E-state index in [2.05, 4.69) is 214 Å². The van der Waals surface area contributed by atoms with Gasteiger partial charge in [0.25, 0.3) is 0 Å². The fourth-order valence-electron chi connectivity index (χ4n) is 14.6. The summed E-state index contributed by atoms with van der Waals surface area (Å²) >= 11 is 0. The van der Waals surface area contributed by atoms with E-state index >= 15 is 0 Å². The molecule has 578 valence electrons. The van der Waals surface area contributed by atoms with Gasteiger partial charge in [0.15, 0.2) is 0 Å². The number of primary amides is 1. The van der Waals surface area contributed by atoms with Crippen molar-refractivity contribution in [1.82, 2.24) is 89.6 Å². The molecule has 19 N–H and O–H groups in total. The lowest BCUT2D eigenvalue weighted by Gasteiger charge is -2.32. The summed E-state index contributed by atoms with van der Waals surface area (Å²) in [5.74, 6) is 5.26. The molecule has 20 nitrogen and oxygen atoms in total. The Bertz CT molecular complexity index is 1800. The zero-order chi connectivity index (χ0) is 71.8. The molecule has 2 rings (SSSR count). The van der Waals surface area contributed by atoms with E-state index in [4.69, 9.17) is 11.5 Å². The van der Waals surface area contributed by atoms with Crippen LogP contribution in [0.2, 0.25) is 0 Å². The number of hydrogen-bond acceptors (Lipinski definition) is 19. The number of nitrogens with two attached hydrogens (primary N) is 2. The number of nitrogens with zero attached hydrogens (tertiary/aromatic N) is 2. The van der Waals surface area contributed by atoms with E-state index in [-0.39, 0.29) is 5.91 Å². The Morgan fingerprint density at radius 1 is 0.361 bits per heavy atom. The molecule has 0 spiro atoms. The maximum atomic E-state index is 11.2. The second-order valence-electron chi connectivity index (χ2n) is 33.6. The van der Waals surface area contributed by atoms with Gasteiger partial charge in [-0.25, -0.2) is 0 Å². The minimum absolute atomic E-state index is 0.219. The van der Waals surface area contributed by atoms with Crippen LogP contribution < -0.4 is 91.2 Å². The average molecular weight is 1380 g/mol. The Morgan fingerprint density at radius 3 is 1.22 bits per heavy atom. The lowest BCUT2D eigenvalue weighted by molar-refractivity contribution is -0.118. The zero-order valence-electron chi connectivity index (χ0n) is 66.9. The molecule has 97 heavy (non-hydrogen) atoms. The summed E-state index contributed by atoms with van der Waals surface area (Å²) in [5, 5.41) is 58.2. The van der Waals surface area contributed by atoms with Crippen molar-refractivity contribution >= 4 is 5.91 Å². The Labute approximate surface area is 600 Å². The molecule has 0 unspecified atom stereocenters. The topological polar surface area (TPSA) is 256 Å². The zero-order valence-corrected chi connectivity index (χ0v) is 66.9. The predicted molar refractivity (Wildman–Crippen MR) is 421 cm³/mol. The van der Waals surface area contributed by atoms with Gasteiger partial charge in [-0.15, -0.1) is 0 Å². The van der Waals surface area contributed by atoms with Crippen LogP contribution in [0, 0.1) is 53.3 Å². The summed E-state index contributed by atoms with van der Waals surface area (Å²) in [6.45, 7) is 68.1. The standard InChI is InChI=1S/C77H169N19O/c1-57(2)40-66(46-82-29-32-86-68(42-59(5)6)48-90-67(41-58(3)4)47-85-36-39-95-37-20-23-73(95)52-94-75(64(15)16)54-81-26-19-24-77(79)97)91-50-70(44-61(9)10)93-55-76(65(17)18)89-35-31-83-51-72-22-21-38-96(72)56-71(45-62(11)12)92-49-69(43-60(7)8)87-33-30-84-53-74(63(13)14)88-34-28-80-27-25-78/h57-76,80-94H,19-56,78H2,1-18H3,(H2,79,97)/t66-,67-,68-,69-,70-,71-,72-,73-,74+,75+,76+/m0/s1. The van der Waals surface area contributed by atoms with Crippen molar-refractivity contribution in [3.05, 3.63) is 0 Å². The molecule has 2 aliphatic heterocycles. The van der Waals surface area contributed by atoms with E-state index < -0.39 is 0 Å². The van der Waals surface area contributed by atoms with E-state index in [0.717, 1.165) is 176 Å². The highest BCUT2D eigenvalue weighted by Gasteiger charge is 2.29. The number of carbonyl (C=O) groups excluding carboxylic acids is 1. The molecular formula is C77H169N19O. The van der Waals surface area contributed by atoms with Gasteiger partial charge in [0.2, 0.25) is 5.91 Å². The average Bonchev–Trinajstić information content (AvgIpc) is 1.83. The molecule has 1 amide bonds. The van der Waals surface area contributed by atoms with Crippen LogP contribution in [0.3, 0.4) is 0 Å². The van der Waals surface area contributed by atoms with Gasteiger partial charge in [-0.3, -0.25) is 14.6 Å². The first-order valence-electron chi connectivity index (χ1n) is 40.7. The molecule has 0 aromatic carbocycles. The summed E-state index contributed by atoms with van der Waals surface area (Å²) in [5.41, 5.74) is 11.0. The first-order chi connectivity index (χ1) is 46.3. The molecule has 0 aromatic heterocycles. The van der Waals surface area contributed by atoms with Gasteiger partial charge in [0, 0.05) is 223 Å². The molecule has 2 heterocycles. The summed E-state index contributed by atoms with van der Waals surface area (Å²) in [7, 11) is 0. The van der Waals surface area contributed by atoms with E-state index in [1.807, 2.05) is 0 Å². The fourth-order valence-corrected chi connectivity index (χ4v) is 14.6. The van der Waals surface area contributed by atoms with E-state index in [1.165, 1.54) is 58.0 Å². The quantitative estimate of drug-likeness (QED) is 0.0334. The summed E-state index contributed by atoms with van der Waals surface area (Å²) in [4.78, 5) is 16.7. The smallest absolute Gasteiger partial charge is 0.217 e. The molecule has 0 aromatic rings. The Morgan fingerprint density at radius 2 is 0.732 bits per heavy atom.